The van der Waals surface area contributed by atoms with E-state index < -0.39 is 11.9 Å². The largest absolute Gasteiger partial charge is 0.481 e. The van der Waals surface area contributed by atoms with Crippen molar-refractivity contribution in [3.8, 4) is 0 Å². The van der Waals surface area contributed by atoms with Crippen LogP contribution in [0.15, 0.2) is 36.4 Å². The van der Waals surface area contributed by atoms with E-state index in [1.165, 1.54) is 0 Å². The maximum Gasteiger partial charge on any atom is 0.311 e. The highest BCUT2D eigenvalue weighted by molar-refractivity contribution is 5.77. The second kappa shape index (κ2) is 4.78. The van der Waals surface area contributed by atoms with Gasteiger partial charge >= 0.3 is 5.97 Å². The lowest BCUT2D eigenvalue weighted by atomic mass is 9.90. The van der Waals surface area contributed by atoms with Gasteiger partial charge in [-0.2, -0.15) is 0 Å². The average molecular weight is 204 g/mol. The number of hydrogen-bond acceptors (Lipinski definition) is 1. The molecule has 1 atom stereocenters. The predicted molar refractivity (Wildman–Crippen MR) is 61.0 cm³/mol. The zero-order chi connectivity index (χ0) is 11.4. The molecule has 0 aromatic heterocycles. The molecule has 0 spiro atoms. The molecule has 1 rings (SSSR count). The molecule has 0 amide bonds. The van der Waals surface area contributed by atoms with Gasteiger partial charge in [0.05, 0.1) is 5.92 Å². The Hall–Kier alpha value is -1.57. The molecular weight excluding hydrogens is 188 g/mol. The maximum atomic E-state index is 11.1. The summed E-state index contributed by atoms with van der Waals surface area (Å²) in [5, 5.41) is 9.16. The van der Waals surface area contributed by atoms with E-state index in [4.69, 9.17) is 5.11 Å². The number of carboxylic acid groups (broad SMARTS) is 1. The van der Waals surface area contributed by atoms with E-state index in [2.05, 4.69) is 6.58 Å². The first kappa shape index (κ1) is 11.5. The zero-order valence-electron chi connectivity index (χ0n) is 9.16. The molecule has 1 unspecified atom stereocenters. The highest BCUT2D eigenvalue weighted by Crippen LogP contribution is 2.25. The Labute approximate surface area is 90.3 Å². The standard InChI is InChI=1S/C13H16O2/c1-9(2)8-12(13(14)15)11-7-5-4-6-10(11)3/h4-7,12H,1,8H2,2-3H3,(H,14,15). The third-order valence-corrected chi connectivity index (χ3v) is 2.41. The van der Waals surface area contributed by atoms with Crippen LogP contribution in [0.2, 0.25) is 0 Å². The van der Waals surface area contributed by atoms with Crippen LogP contribution in [-0.4, -0.2) is 11.1 Å². The maximum absolute atomic E-state index is 11.1. The van der Waals surface area contributed by atoms with Crippen LogP contribution >= 0.6 is 0 Å². The molecule has 2 heteroatoms. The lowest BCUT2D eigenvalue weighted by molar-refractivity contribution is -0.138. The van der Waals surface area contributed by atoms with Gasteiger partial charge in [-0.1, -0.05) is 29.8 Å². The van der Waals surface area contributed by atoms with Crippen molar-refractivity contribution in [2.75, 3.05) is 0 Å². The van der Waals surface area contributed by atoms with Gasteiger partial charge in [0.1, 0.15) is 0 Å². The van der Waals surface area contributed by atoms with Crippen LogP contribution in [0.3, 0.4) is 0 Å². The van der Waals surface area contributed by atoms with Crippen LogP contribution in [0.4, 0.5) is 0 Å². The summed E-state index contributed by atoms with van der Waals surface area (Å²) in [5.74, 6) is -1.25. The highest BCUT2D eigenvalue weighted by Gasteiger charge is 2.20. The van der Waals surface area contributed by atoms with Gasteiger partial charge in [0, 0.05) is 0 Å². The number of aliphatic carboxylic acids is 1. The van der Waals surface area contributed by atoms with E-state index in [1.807, 2.05) is 38.1 Å². The second-order valence-corrected chi connectivity index (χ2v) is 3.91. The van der Waals surface area contributed by atoms with Gasteiger partial charge in [0.15, 0.2) is 0 Å². The van der Waals surface area contributed by atoms with Crippen molar-refractivity contribution in [1.82, 2.24) is 0 Å². The van der Waals surface area contributed by atoms with Crippen LogP contribution in [-0.2, 0) is 4.79 Å². The summed E-state index contributed by atoms with van der Waals surface area (Å²) in [6.45, 7) is 7.56. The lowest BCUT2D eigenvalue weighted by Crippen LogP contribution is -2.13. The fourth-order valence-electron chi connectivity index (χ4n) is 1.66. The number of carboxylic acids is 1. The third-order valence-electron chi connectivity index (χ3n) is 2.41. The first-order chi connectivity index (χ1) is 7.02. The molecule has 0 fully saturated rings. The SMILES string of the molecule is C=C(C)CC(C(=O)O)c1ccccc1C. The fourth-order valence-corrected chi connectivity index (χ4v) is 1.66. The van der Waals surface area contributed by atoms with Gasteiger partial charge in [-0.25, -0.2) is 0 Å². The normalized spacial score (nSPS) is 12.1. The predicted octanol–water partition coefficient (Wildman–Crippen LogP) is 3.13. The van der Waals surface area contributed by atoms with E-state index in [-0.39, 0.29) is 0 Å². The van der Waals surface area contributed by atoms with Crippen LogP contribution in [0, 0.1) is 6.92 Å². The highest BCUT2D eigenvalue weighted by atomic mass is 16.4. The first-order valence-corrected chi connectivity index (χ1v) is 4.95. The van der Waals surface area contributed by atoms with Crippen molar-refractivity contribution < 1.29 is 9.90 Å². The van der Waals surface area contributed by atoms with E-state index >= 15 is 0 Å². The monoisotopic (exact) mass is 204 g/mol. The second-order valence-electron chi connectivity index (χ2n) is 3.91. The summed E-state index contributed by atoms with van der Waals surface area (Å²) in [4.78, 5) is 11.1. The van der Waals surface area contributed by atoms with Crippen LogP contribution < -0.4 is 0 Å². The van der Waals surface area contributed by atoms with E-state index in [9.17, 15) is 4.79 Å². The van der Waals surface area contributed by atoms with Crippen LogP contribution in [0.25, 0.3) is 0 Å². The van der Waals surface area contributed by atoms with Gasteiger partial charge in [-0.3, -0.25) is 4.79 Å². The number of carbonyl (C=O) groups is 1. The van der Waals surface area contributed by atoms with E-state index in [0.717, 1.165) is 16.7 Å². The molecule has 0 radical (unpaired) electrons. The first-order valence-electron chi connectivity index (χ1n) is 4.95. The van der Waals surface area contributed by atoms with Crippen molar-refractivity contribution in [3.63, 3.8) is 0 Å². The zero-order valence-corrected chi connectivity index (χ0v) is 9.16. The third kappa shape index (κ3) is 2.94. The van der Waals surface area contributed by atoms with E-state index in [1.54, 1.807) is 0 Å². The minimum absolute atomic E-state index is 0.469. The quantitative estimate of drug-likeness (QED) is 0.765. The van der Waals surface area contributed by atoms with Gasteiger partial charge in [0.2, 0.25) is 0 Å². The van der Waals surface area contributed by atoms with Gasteiger partial charge in [0.25, 0.3) is 0 Å². The molecule has 0 aliphatic heterocycles. The summed E-state index contributed by atoms with van der Waals surface area (Å²) < 4.78 is 0. The number of benzene rings is 1. The molecular formula is C13H16O2. The van der Waals surface area contributed by atoms with Crippen LogP contribution in [0.1, 0.15) is 30.4 Å². The summed E-state index contributed by atoms with van der Waals surface area (Å²) in [6, 6.07) is 7.59. The minimum atomic E-state index is -0.785. The molecule has 2 nitrogen and oxygen atoms in total. The van der Waals surface area contributed by atoms with Crippen molar-refractivity contribution in [1.29, 1.82) is 0 Å². The number of rotatable bonds is 4. The van der Waals surface area contributed by atoms with Crippen molar-refractivity contribution in [2.45, 2.75) is 26.2 Å². The van der Waals surface area contributed by atoms with Crippen LogP contribution in [0.5, 0.6) is 0 Å². The fraction of sp³-hybridized carbons (Fsp3) is 0.308. The molecule has 80 valence electrons. The smallest absolute Gasteiger partial charge is 0.311 e. The minimum Gasteiger partial charge on any atom is -0.481 e. The molecule has 0 aliphatic rings. The molecule has 1 aromatic rings. The topological polar surface area (TPSA) is 37.3 Å². The molecule has 15 heavy (non-hydrogen) atoms. The average Bonchev–Trinajstić information content (AvgIpc) is 2.15. The molecule has 1 aromatic carbocycles. The molecule has 0 saturated heterocycles. The summed E-state index contributed by atoms with van der Waals surface area (Å²) in [7, 11) is 0. The molecule has 0 aliphatic carbocycles. The van der Waals surface area contributed by atoms with E-state index in [0.29, 0.717) is 6.42 Å². The Kier molecular flexibility index (Phi) is 3.67. The number of allylic oxidation sites excluding steroid dienone is 1. The summed E-state index contributed by atoms with van der Waals surface area (Å²) >= 11 is 0. The van der Waals surface area contributed by atoms with Gasteiger partial charge in [-0.05, 0) is 31.4 Å². The molecule has 0 heterocycles. The Balaban J connectivity index is 3.04. The summed E-state index contributed by atoms with van der Waals surface area (Å²) in [5.41, 5.74) is 2.80. The summed E-state index contributed by atoms with van der Waals surface area (Å²) in [6.07, 6.45) is 0.500. The van der Waals surface area contributed by atoms with Crippen molar-refractivity contribution in [2.24, 2.45) is 0 Å². The Morgan fingerprint density at radius 3 is 2.53 bits per heavy atom. The number of aryl methyl sites for hydroxylation is 1. The van der Waals surface area contributed by atoms with Gasteiger partial charge < -0.3 is 5.11 Å². The molecule has 0 bridgehead atoms. The van der Waals surface area contributed by atoms with Crippen molar-refractivity contribution in [3.05, 3.63) is 47.5 Å². The van der Waals surface area contributed by atoms with Gasteiger partial charge in [-0.15, -0.1) is 6.58 Å². The lowest BCUT2D eigenvalue weighted by Gasteiger charge is -2.14. The number of hydrogen-bond donors (Lipinski definition) is 1. The molecule has 0 saturated carbocycles. The molecule has 1 N–H and O–H groups in total. The Bertz CT molecular complexity index is 380. The van der Waals surface area contributed by atoms with Crippen molar-refractivity contribution >= 4 is 5.97 Å². The Morgan fingerprint density at radius 1 is 1.47 bits per heavy atom. The Morgan fingerprint density at radius 2 is 2.07 bits per heavy atom.